The quantitative estimate of drug-likeness (QED) is 0.529. The highest BCUT2D eigenvalue weighted by molar-refractivity contribution is 5.99. The third kappa shape index (κ3) is 3.34. The molecule has 1 saturated heterocycles. The Bertz CT molecular complexity index is 1020. The van der Waals surface area contributed by atoms with Crippen LogP contribution in [-0.4, -0.2) is 53.4 Å². The van der Waals surface area contributed by atoms with E-state index in [0.717, 1.165) is 5.56 Å². The molecule has 1 unspecified atom stereocenters. The molecule has 0 aliphatic carbocycles. The van der Waals surface area contributed by atoms with Gasteiger partial charge in [-0.1, -0.05) is 19.1 Å². The van der Waals surface area contributed by atoms with Gasteiger partial charge in [-0.25, -0.2) is 0 Å². The van der Waals surface area contributed by atoms with Gasteiger partial charge in [0.25, 0.3) is 11.8 Å². The minimum absolute atomic E-state index is 0.104. The lowest BCUT2D eigenvalue weighted by molar-refractivity contribution is -0.135. The number of ether oxygens (including phenoxy) is 2. The second-order valence-corrected chi connectivity index (χ2v) is 7.59. The number of amides is 2. The topological polar surface area (TPSA) is 72.0 Å². The molecule has 1 aromatic heterocycles. The number of benzene rings is 1. The average molecular weight is 421 g/mol. The fourth-order valence-corrected chi connectivity index (χ4v) is 4.51. The summed E-state index contributed by atoms with van der Waals surface area (Å²) in [5, 5.41) is 0. The van der Waals surface area contributed by atoms with Gasteiger partial charge in [0.2, 0.25) is 0 Å². The first-order valence-corrected chi connectivity index (χ1v) is 10.6. The van der Waals surface area contributed by atoms with Crippen LogP contribution in [0.5, 0.6) is 5.75 Å². The summed E-state index contributed by atoms with van der Waals surface area (Å²) in [5.41, 5.74) is 1.79. The van der Waals surface area contributed by atoms with Gasteiger partial charge in [0.15, 0.2) is 0 Å². The first-order valence-electron chi connectivity index (χ1n) is 10.6. The Labute approximate surface area is 182 Å². The van der Waals surface area contributed by atoms with Gasteiger partial charge >= 0.3 is 0 Å². The molecule has 0 spiro atoms. The van der Waals surface area contributed by atoms with Crippen LogP contribution in [0, 0.1) is 0 Å². The minimum atomic E-state index is -0.942. The van der Waals surface area contributed by atoms with Gasteiger partial charge in [-0.2, -0.15) is 0 Å². The highest BCUT2D eigenvalue weighted by atomic mass is 16.5. The molecule has 7 nitrogen and oxygen atoms in total. The molecule has 0 bridgehead atoms. The molecule has 162 valence electrons. The van der Waals surface area contributed by atoms with Crippen LogP contribution in [0.3, 0.4) is 0 Å². The number of pyridine rings is 1. The van der Waals surface area contributed by atoms with Crippen LogP contribution >= 0.6 is 0 Å². The molecule has 0 saturated carbocycles. The van der Waals surface area contributed by atoms with Crippen molar-refractivity contribution in [2.24, 2.45) is 0 Å². The maximum absolute atomic E-state index is 13.7. The van der Waals surface area contributed by atoms with Gasteiger partial charge in [0.1, 0.15) is 11.4 Å². The van der Waals surface area contributed by atoms with Crippen LogP contribution in [0.1, 0.15) is 41.9 Å². The normalized spacial score (nSPS) is 20.4. The van der Waals surface area contributed by atoms with Crippen molar-refractivity contribution in [3.63, 3.8) is 0 Å². The summed E-state index contributed by atoms with van der Waals surface area (Å²) < 4.78 is 10.7. The molecule has 0 radical (unpaired) electrons. The summed E-state index contributed by atoms with van der Waals surface area (Å²) in [5.74, 6) is 0.488. The summed E-state index contributed by atoms with van der Waals surface area (Å²) in [4.78, 5) is 35.2. The highest BCUT2D eigenvalue weighted by Crippen LogP contribution is 2.45. The molecule has 2 aliphatic heterocycles. The van der Waals surface area contributed by atoms with Gasteiger partial charge in [0.05, 0.1) is 36.8 Å². The molecule has 0 N–H and O–H groups in total. The van der Waals surface area contributed by atoms with Crippen molar-refractivity contribution < 1.29 is 19.1 Å². The number of hydrogen-bond acceptors (Lipinski definition) is 5. The zero-order chi connectivity index (χ0) is 22.0. The Kier molecular flexibility index (Phi) is 5.67. The van der Waals surface area contributed by atoms with E-state index < -0.39 is 5.66 Å². The molecular formula is C24H27N3O4. The van der Waals surface area contributed by atoms with Gasteiger partial charge < -0.3 is 19.3 Å². The van der Waals surface area contributed by atoms with Crippen LogP contribution in [0.25, 0.3) is 0 Å². The minimum Gasteiger partial charge on any atom is -0.501 e. The second-order valence-electron chi connectivity index (χ2n) is 7.59. The number of rotatable bonds is 6. The number of methoxy groups -OCH3 is 1. The van der Waals surface area contributed by atoms with Crippen LogP contribution in [0.15, 0.2) is 54.4 Å². The van der Waals surface area contributed by atoms with E-state index in [1.165, 1.54) is 0 Å². The van der Waals surface area contributed by atoms with E-state index in [1.807, 2.05) is 43.0 Å². The van der Waals surface area contributed by atoms with Crippen molar-refractivity contribution in [3.05, 3.63) is 71.3 Å². The zero-order valence-electron chi connectivity index (χ0n) is 18.1. The van der Waals surface area contributed by atoms with Gasteiger partial charge in [-0.05, 0) is 43.2 Å². The Balaban J connectivity index is 1.86. The molecule has 1 atom stereocenters. The van der Waals surface area contributed by atoms with Crippen molar-refractivity contribution in [1.82, 2.24) is 14.8 Å². The predicted octanol–water partition coefficient (Wildman–Crippen LogP) is 3.11. The van der Waals surface area contributed by atoms with Crippen molar-refractivity contribution in [3.8, 4) is 5.75 Å². The van der Waals surface area contributed by atoms with E-state index in [-0.39, 0.29) is 11.8 Å². The van der Waals surface area contributed by atoms with Crippen LogP contribution in [-0.2, 0) is 21.6 Å². The number of nitrogens with zero attached hydrogens (tertiary/aromatic N) is 3. The van der Waals surface area contributed by atoms with Crippen molar-refractivity contribution in [2.45, 2.75) is 32.4 Å². The van der Waals surface area contributed by atoms with Crippen molar-refractivity contribution in [2.75, 3.05) is 26.8 Å². The average Bonchev–Trinajstić information content (AvgIpc) is 3.20. The van der Waals surface area contributed by atoms with Gasteiger partial charge in [-0.15, -0.1) is 0 Å². The highest BCUT2D eigenvalue weighted by Gasteiger charge is 2.56. The molecule has 7 heteroatoms. The summed E-state index contributed by atoms with van der Waals surface area (Å²) in [7, 11) is 1.61. The summed E-state index contributed by atoms with van der Waals surface area (Å²) in [6, 6.07) is 11.2. The maximum atomic E-state index is 13.7. The van der Waals surface area contributed by atoms with E-state index in [2.05, 4.69) is 4.98 Å². The van der Waals surface area contributed by atoms with E-state index in [9.17, 15) is 9.59 Å². The first-order chi connectivity index (χ1) is 15.1. The Morgan fingerprint density at radius 1 is 1.19 bits per heavy atom. The Hall–Kier alpha value is -3.35. The third-order valence-corrected chi connectivity index (χ3v) is 6.07. The van der Waals surface area contributed by atoms with Crippen LogP contribution in [0.2, 0.25) is 0 Å². The lowest BCUT2D eigenvalue weighted by Gasteiger charge is -2.47. The van der Waals surface area contributed by atoms with Crippen molar-refractivity contribution >= 4 is 11.8 Å². The van der Waals surface area contributed by atoms with E-state index >= 15 is 0 Å². The fourth-order valence-electron chi connectivity index (χ4n) is 4.51. The lowest BCUT2D eigenvalue weighted by atomic mass is 9.86. The summed E-state index contributed by atoms with van der Waals surface area (Å²) >= 11 is 0. The number of aromatic nitrogens is 1. The Morgan fingerprint density at radius 3 is 2.65 bits per heavy atom. The zero-order valence-corrected chi connectivity index (χ0v) is 18.1. The third-order valence-electron chi connectivity index (χ3n) is 6.07. The predicted molar refractivity (Wildman–Crippen MR) is 115 cm³/mol. The first kappa shape index (κ1) is 20.9. The van der Waals surface area contributed by atoms with E-state index in [4.69, 9.17) is 9.47 Å². The number of carbonyl (C=O) groups excluding carboxylic acids is 2. The van der Waals surface area contributed by atoms with Crippen molar-refractivity contribution in [1.29, 1.82) is 0 Å². The van der Waals surface area contributed by atoms with E-state index in [1.54, 1.807) is 36.6 Å². The number of fused-ring (bicyclic) bond motifs is 2. The molecule has 3 heterocycles. The van der Waals surface area contributed by atoms with E-state index in [0.29, 0.717) is 55.1 Å². The van der Waals surface area contributed by atoms with Gasteiger partial charge in [-0.3, -0.25) is 14.6 Å². The Morgan fingerprint density at radius 2 is 1.97 bits per heavy atom. The number of hydrogen-bond donors (Lipinski definition) is 0. The molecule has 2 amide bonds. The number of carbonyl (C=O) groups is 2. The smallest absolute Gasteiger partial charge is 0.257 e. The second kappa shape index (κ2) is 8.41. The van der Waals surface area contributed by atoms with Crippen LogP contribution in [0.4, 0.5) is 0 Å². The van der Waals surface area contributed by atoms with Crippen LogP contribution < -0.4 is 4.74 Å². The fraction of sp³-hybridized carbons (Fsp3) is 0.375. The monoisotopic (exact) mass is 421 g/mol. The molecule has 1 fully saturated rings. The molecule has 2 aliphatic rings. The summed E-state index contributed by atoms with van der Waals surface area (Å²) in [6.07, 6.45) is 4.20. The largest absolute Gasteiger partial charge is 0.501 e. The summed E-state index contributed by atoms with van der Waals surface area (Å²) in [6.45, 7) is 5.19. The SMILES string of the molecule is CCO/C=C(\CC)C(=O)N1CCN2C(=O)c3cccnc3CC12c1ccc(OC)cc1. The van der Waals surface area contributed by atoms with Gasteiger partial charge in [0, 0.05) is 25.7 Å². The maximum Gasteiger partial charge on any atom is 0.257 e. The molecular weight excluding hydrogens is 394 g/mol. The molecule has 2 aromatic rings. The lowest BCUT2D eigenvalue weighted by Crippen LogP contribution is -2.58. The molecule has 4 rings (SSSR count). The standard InChI is InChI=1S/C24H27N3O4/c1-4-17(16-31-5-2)22(28)26-13-14-27-23(29)20-7-6-12-25-21(20)15-24(26,27)18-8-10-19(30-3)11-9-18/h6-12,16H,4-5,13-15H2,1-3H3/b17-16+. The molecule has 31 heavy (non-hydrogen) atoms. The molecule has 1 aromatic carbocycles.